The average Bonchev–Trinajstić information content (AvgIpc) is 2.88. The number of hydrogen-bond donors (Lipinski definition) is 1. The Kier molecular flexibility index (Phi) is 8.76. The zero-order valence-corrected chi connectivity index (χ0v) is 17.0. The van der Waals surface area contributed by atoms with Gasteiger partial charge >= 0.3 is 0 Å². The summed E-state index contributed by atoms with van der Waals surface area (Å²) in [6.45, 7) is 11.2. The van der Waals surface area contributed by atoms with E-state index in [4.69, 9.17) is 4.99 Å². The number of nitrogens with zero attached hydrogens (tertiary/aromatic N) is 2. The lowest BCUT2D eigenvalue weighted by molar-refractivity contribution is 0.321. The van der Waals surface area contributed by atoms with E-state index in [0.29, 0.717) is 5.41 Å². The minimum atomic E-state index is 0. The van der Waals surface area contributed by atoms with Gasteiger partial charge in [0.05, 0.1) is 0 Å². The fourth-order valence-corrected chi connectivity index (χ4v) is 4.27. The highest BCUT2D eigenvalue weighted by atomic mass is 127. The van der Waals surface area contributed by atoms with Crippen molar-refractivity contribution in [1.82, 2.24) is 10.2 Å². The van der Waals surface area contributed by atoms with Crippen molar-refractivity contribution in [2.75, 3.05) is 37.7 Å². The normalized spacial score (nSPS) is 27.6. The van der Waals surface area contributed by atoms with Gasteiger partial charge in [-0.1, -0.05) is 13.8 Å². The molecule has 2 fully saturated rings. The first-order chi connectivity index (χ1) is 9.67. The highest BCUT2D eigenvalue weighted by Crippen LogP contribution is 2.33. The summed E-state index contributed by atoms with van der Waals surface area (Å²) in [6.07, 6.45) is 5.26. The molecule has 2 aliphatic rings. The standard InChI is InChI=1S/C16H31N3S.HI/c1-4-16(3)8-9-19(13-16)15(17-5-2)18-12-14-6-10-20-11-7-14;/h14H,4-13H2,1-3H3,(H,17,18);1H. The monoisotopic (exact) mass is 425 g/mol. The van der Waals surface area contributed by atoms with Gasteiger partial charge < -0.3 is 10.2 Å². The molecule has 1 atom stereocenters. The van der Waals surface area contributed by atoms with Crippen LogP contribution in [-0.2, 0) is 0 Å². The van der Waals surface area contributed by atoms with Crippen LogP contribution in [0.2, 0.25) is 0 Å². The van der Waals surface area contributed by atoms with Crippen LogP contribution in [0.25, 0.3) is 0 Å². The van der Waals surface area contributed by atoms with Gasteiger partial charge in [-0.05, 0) is 55.4 Å². The molecule has 2 saturated heterocycles. The predicted molar refractivity (Wildman–Crippen MR) is 106 cm³/mol. The quantitative estimate of drug-likeness (QED) is 0.422. The molecule has 0 aliphatic carbocycles. The molecule has 0 aromatic heterocycles. The topological polar surface area (TPSA) is 27.6 Å². The van der Waals surface area contributed by atoms with Crippen LogP contribution in [0.1, 0.15) is 46.5 Å². The van der Waals surface area contributed by atoms with E-state index < -0.39 is 0 Å². The van der Waals surface area contributed by atoms with Gasteiger partial charge in [-0.25, -0.2) is 0 Å². The third-order valence-corrected chi connectivity index (χ3v) is 5.93. The molecule has 0 saturated carbocycles. The maximum Gasteiger partial charge on any atom is 0.193 e. The van der Waals surface area contributed by atoms with Gasteiger partial charge in [-0.3, -0.25) is 4.99 Å². The highest BCUT2D eigenvalue weighted by Gasteiger charge is 2.33. The van der Waals surface area contributed by atoms with Crippen LogP contribution in [0.15, 0.2) is 4.99 Å². The van der Waals surface area contributed by atoms with Crippen molar-refractivity contribution in [3.63, 3.8) is 0 Å². The van der Waals surface area contributed by atoms with Crippen molar-refractivity contribution in [2.45, 2.75) is 46.5 Å². The molecule has 0 bridgehead atoms. The molecule has 21 heavy (non-hydrogen) atoms. The van der Waals surface area contributed by atoms with Crippen molar-refractivity contribution >= 4 is 41.7 Å². The Morgan fingerprint density at radius 3 is 2.62 bits per heavy atom. The summed E-state index contributed by atoms with van der Waals surface area (Å²) in [6, 6.07) is 0. The van der Waals surface area contributed by atoms with E-state index in [-0.39, 0.29) is 24.0 Å². The van der Waals surface area contributed by atoms with E-state index in [0.717, 1.165) is 38.1 Å². The van der Waals surface area contributed by atoms with Crippen molar-refractivity contribution in [3.05, 3.63) is 0 Å². The second kappa shape index (κ2) is 9.48. The molecule has 3 nitrogen and oxygen atoms in total. The van der Waals surface area contributed by atoms with E-state index in [1.165, 1.54) is 37.2 Å². The molecule has 124 valence electrons. The summed E-state index contributed by atoms with van der Waals surface area (Å²) in [5.74, 6) is 4.62. The fraction of sp³-hybridized carbons (Fsp3) is 0.938. The van der Waals surface area contributed by atoms with Gasteiger partial charge in [-0.2, -0.15) is 11.8 Å². The number of thioether (sulfide) groups is 1. The van der Waals surface area contributed by atoms with Gasteiger partial charge in [0.2, 0.25) is 0 Å². The molecule has 5 heteroatoms. The Hall–Kier alpha value is 0.350. The van der Waals surface area contributed by atoms with Crippen LogP contribution in [0, 0.1) is 11.3 Å². The Morgan fingerprint density at radius 2 is 2.05 bits per heavy atom. The highest BCUT2D eigenvalue weighted by molar-refractivity contribution is 14.0. The number of halogens is 1. The SMILES string of the molecule is CCNC(=NCC1CCSCC1)N1CCC(C)(CC)C1.I. The summed E-state index contributed by atoms with van der Waals surface area (Å²) in [5.41, 5.74) is 0.484. The van der Waals surface area contributed by atoms with Crippen LogP contribution in [0.3, 0.4) is 0 Å². The largest absolute Gasteiger partial charge is 0.357 e. The fourth-order valence-electron chi connectivity index (χ4n) is 3.06. The molecule has 2 heterocycles. The Balaban J connectivity index is 0.00000220. The molecule has 1 N–H and O–H groups in total. The number of aliphatic imine (C=N–C) groups is 1. The van der Waals surface area contributed by atoms with Gasteiger partial charge in [0.25, 0.3) is 0 Å². The number of rotatable bonds is 4. The summed E-state index contributed by atoms with van der Waals surface area (Å²) in [5, 5.41) is 3.50. The Labute approximate surface area is 152 Å². The van der Waals surface area contributed by atoms with Crippen LogP contribution in [0.4, 0.5) is 0 Å². The van der Waals surface area contributed by atoms with Gasteiger partial charge in [0.15, 0.2) is 5.96 Å². The molecule has 0 radical (unpaired) electrons. The number of guanidine groups is 1. The lowest BCUT2D eigenvalue weighted by Gasteiger charge is -2.26. The molecule has 0 aromatic rings. The summed E-state index contributed by atoms with van der Waals surface area (Å²) >= 11 is 2.10. The average molecular weight is 425 g/mol. The summed E-state index contributed by atoms with van der Waals surface area (Å²) < 4.78 is 0. The van der Waals surface area contributed by atoms with Crippen molar-refractivity contribution in [1.29, 1.82) is 0 Å². The summed E-state index contributed by atoms with van der Waals surface area (Å²) in [4.78, 5) is 7.42. The second-order valence-corrected chi connectivity index (χ2v) is 7.81. The molecule has 1 unspecified atom stereocenters. The maximum atomic E-state index is 4.94. The van der Waals surface area contributed by atoms with Gasteiger partial charge in [0.1, 0.15) is 0 Å². The molecule has 2 aliphatic heterocycles. The molecular formula is C16H32IN3S. The molecular weight excluding hydrogens is 393 g/mol. The summed E-state index contributed by atoms with van der Waals surface area (Å²) in [7, 11) is 0. The molecule has 0 spiro atoms. The van der Waals surface area contributed by atoms with E-state index in [1.807, 2.05) is 0 Å². The van der Waals surface area contributed by atoms with Gasteiger partial charge in [-0.15, -0.1) is 24.0 Å². The van der Waals surface area contributed by atoms with Crippen LogP contribution in [-0.4, -0.2) is 48.5 Å². The Bertz CT molecular complexity index is 331. The predicted octanol–water partition coefficient (Wildman–Crippen LogP) is 3.84. The first kappa shape index (κ1) is 19.4. The molecule has 0 aromatic carbocycles. The minimum absolute atomic E-state index is 0. The first-order valence-corrected chi connectivity index (χ1v) is 9.43. The van der Waals surface area contributed by atoms with E-state index in [2.05, 4.69) is 42.7 Å². The number of nitrogens with one attached hydrogen (secondary N) is 1. The van der Waals surface area contributed by atoms with Crippen LogP contribution >= 0.6 is 35.7 Å². The zero-order chi connectivity index (χ0) is 14.4. The molecule has 0 amide bonds. The zero-order valence-electron chi connectivity index (χ0n) is 13.9. The molecule has 2 rings (SSSR count). The van der Waals surface area contributed by atoms with Crippen molar-refractivity contribution in [3.8, 4) is 0 Å². The van der Waals surface area contributed by atoms with Crippen LogP contribution < -0.4 is 5.32 Å². The third kappa shape index (κ3) is 5.81. The lowest BCUT2D eigenvalue weighted by atomic mass is 9.87. The third-order valence-electron chi connectivity index (χ3n) is 4.89. The van der Waals surface area contributed by atoms with E-state index in [1.54, 1.807) is 0 Å². The lowest BCUT2D eigenvalue weighted by Crippen LogP contribution is -2.41. The van der Waals surface area contributed by atoms with Crippen LogP contribution in [0.5, 0.6) is 0 Å². The maximum absolute atomic E-state index is 4.94. The minimum Gasteiger partial charge on any atom is -0.357 e. The van der Waals surface area contributed by atoms with E-state index >= 15 is 0 Å². The number of likely N-dealkylation sites (tertiary alicyclic amines) is 1. The van der Waals surface area contributed by atoms with Crippen molar-refractivity contribution in [2.24, 2.45) is 16.3 Å². The smallest absolute Gasteiger partial charge is 0.193 e. The first-order valence-electron chi connectivity index (χ1n) is 8.28. The Morgan fingerprint density at radius 1 is 1.33 bits per heavy atom. The second-order valence-electron chi connectivity index (χ2n) is 6.59. The van der Waals surface area contributed by atoms with Gasteiger partial charge in [0, 0.05) is 26.2 Å². The number of hydrogen-bond acceptors (Lipinski definition) is 2. The van der Waals surface area contributed by atoms with Crippen molar-refractivity contribution < 1.29 is 0 Å². The van der Waals surface area contributed by atoms with E-state index in [9.17, 15) is 0 Å².